The third kappa shape index (κ3) is 2.61. The zero-order valence-electron chi connectivity index (χ0n) is 9.57. The topological polar surface area (TPSA) is 59.0 Å². The molecule has 5 nitrogen and oxygen atoms in total. The van der Waals surface area contributed by atoms with Gasteiger partial charge in [0.05, 0.1) is 0 Å². The van der Waals surface area contributed by atoms with Crippen LogP contribution in [0.3, 0.4) is 0 Å². The Balaban J connectivity index is 1.91. The van der Waals surface area contributed by atoms with Crippen LogP contribution in [0.4, 0.5) is 0 Å². The average Bonchev–Trinajstić information content (AvgIpc) is 2.79. The number of piperidine rings is 1. The molecule has 0 aliphatic carbocycles. The summed E-state index contributed by atoms with van der Waals surface area (Å²) in [7, 11) is 0. The van der Waals surface area contributed by atoms with Crippen LogP contribution in [0.25, 0.3) is 0 Å². The number of aryl methyl sites for hydroxylation is 1. The van der Waals surface area contributed by atoms with E-state index in [1.807, 2.05) is 13.1 Å². The predicted octanol–water partition coefficient (Wildman–Crippen LogP) is 0.385. The summed E-state index contributed by atoms with van der Waals surface area (Å²) in [5.41, 5.74) is 0.514. The van der Waals surface area contributed by atoms with Crippen LogP contribution < -0.4 is 10.6 Å². The lowest BCUT2D eigenvalue weighted by Gasteiger charge is -2.23. The van der Waals surface area contributed by atoms with Gasteiger partial charge in [0.2, 0.25) is 0 Å². The van der Waals surface area contributed by atoms with Gasteiger partial charge in [-0.15, -0.1) is 0 Å². The summed E-state index contributed by atoms with van der Waals surface area (Å²) < 4.78 is 1.76. The van der Waals surface area contributed by atoms with Crippen molar-refractivity contribution in [3.8, 4) is 0 Å². The zero-order valence-corrected chi connectivity index (χ0v) is 9.57. The Kier molecular flexibility index (Phi) is 3.56. The van der Waals surface area contributed by atoms with Crippen molar-refractivity contribution in [2.75, 3.05) is 13.1 Å². The number of nitrogens with zero attached hydrogens (tertiary/aromatic N) is 2. The highest BCUT2D eigenvalue weighted by Crippen LogP contribution is 2.04. The normalized spacial score (nSPS) is 17.3. The quantitative estimate of drug-likeness (QED) is 0.777. The van der Waals surface area contributed by atoms with Gasteiger partial charge in [0.1, 0.15) is 5.69 Å². The highest BCUT2D eigenvalue weighted by molar-refractivity contribution is 5.92. The smallest absolute Gasteiger partial charge is 0.271 e. The van der Waals surface area contributed by atoms with E-state index in [0.717, 1.165) is 32.5 Å². The lowest BCUT2D eigenvalue weighted by atomic mass is 10.1. The molecule has 2 heterocycles. The van der Waals surface area contributed by atoms with Crippen molar-refractivity contribution in [3.05, 3.63) is 18.0 Å². The number of rotatable bonds is 3. The van der Waals surface area contributed by atoms with Crippen LogP contribution in [0.5, 0.6) is 0 Å². The molecule has 0 bridgehead atoms. The van der Waals surface area contributed by atoms with E-state index in [2.05, 4.69) is 15.7 Å². The number of aromatic nitrogens is 2. The molecule has 0 atom stereocenters. The van der Waals surface area contributed by atoms with E-state index in [1.54, 1.807) is 10.7 Å². The van der Waals surface area contributed by atoms with Gasteiger partial charge in [-0.2, -0.15) is 5.10 Å². The van der Waals surface area contributed by atoms with Crippen LogP contribution in [0.1, 0.15) is 30.3 Å². The van der Waals surface area contributed by atoms with Crippen LogP contribution in [-0.2, 0) is 6.54 Å². The van der Waals surface area contributed by atoms with Gasteiger partial charge in [-0.05, 0) is 38.9 Å². The second-order valence-corrected chi connectivity index (χ2v) is 4.05. The number of carbonyl (C=O) groups excluding carboxylic acids is 1. The fourth-order valence-corrected chi connectivity index (χ4v) is 1.88. The molecule has 0 aromatic carbocycles. The first-order chi connectivity index (χ1) is 7.79. The molecular formula is C11H18N4O. The molecule has 5 heteroatoms. The van der Waals surface area contributed by atoms with Crippen LogP contribution >= 0.6 is 0 Å². The molecule has 1 saturated heterocycles. The highest BCUT2D eigenvalue weighted by atomic mass is 16.2. The van der Waals surface area contributed by atoms with Crippen LogP contribution in [0, 0.1) is 0 Å². The number of hydrogen-bond acceptors (Lipinski definition) is 3. The number of amides is 1. The molecule has 1 aliphatic rings. The summed E-state index contributed by atoms with van der Waals surface area (Å²) in [6.07, 6.45) is 3.83. The monoisotopic (exact) mass is 222 g/mol. The first-order valence-electron chi connectivity index (χ1n) is 5.84. The molecular weight excluding hydrogens is 204 g/mol. The van der Waals surface area contributed by atoms with Crippen LogP contribution in [0.2, 0.25) is 0 Å². The van der Waals surface area contributed by atoms with Crippen molar-refractivity contribution in [2.24, 2.45) is 0 Å². The molecule has 0 saturated carbocycles. The molecule has 2 N–H and O–H groups in total. The lowest BCUT2D eigenvalue weighted by Crippen LogP contribution is -2.42. The Bertz CT molecular complexity index is 355. The summed E-state index contributed by atoms with van der Waals surface area (Å²) >= 11 is 0. The van der Waals surface area contributed by atoms with Crippen molar-refractivity contribution in [3.63, 3.8) is 0 Å². The second kappa shape index (κ2) is 5.12. The second-order valence-electron chi connectivity index (χ2n) is 4.05. The number of carbonyl (C=O) groups is 1. The Morgan fingerprint density at radius 3 is 3.00 bits per heavy atom. The maximum Gasteiger partial charge on any atom is 0.271 e. The fraction of sp³-hybridized carbons (Fsp3) is 0.636. The Hall–Kier alpha value is -1.36. The van der Waals surface area contributed by atoms with Crippen molar-refractivity contribution in [1.29, 1.82) is 0 Å². The molecule has 16 heavy (non-hydrogen) atoms. The van der Waals surface area contributed by atoms with Crippen LogP contribution in [-0.4, -0.2) is 34.8 Å². The van der Waals surface area contributed by atoms with Gasteiger partial charge in [-0.3, -0.25) is 9.48 Å². The van der Waals surface area contributed by atoms with E-state index in [1.165, 1.54) is 0 Å². The van der Waals surface area contributed by atoms with Crippen molar-refractivity contribution >= 4 is 5.91 Å². The summed E-state index contributed by atoms with van der Waals surface area (Å²) in [5.74, 6) is -0.0564. The largest absolute Gasteiger partial charge is 0.348 e. The number of hydrogen-bond donors (Lipinski definition) is 2. The first kappa shape index (κ1) is 11.1. The predicted molar refractivity (Wildman–Crippen MR) is 61.3 cm³/mol. The summed E-state index contributed by atoms with van der Waals surface area (Å²) in [6, 6.07) is 2.06. The van der Waals surface area contributed by atoms with Gasteiger partial charge in [0.25, 0.3) is 5.91 Å². The first-order valence-corrected chi connectivity index (χ1v) is 5.84. The molecule has 1 aromatic heterocycles. The van der Waals surface area contributed by atoms with E-state index in [-0.39, 0.29) is 5.91 Å². The molecule has 2 rings (SSSR count). The van der Waals surface area contributed by atoms with Crippen LogP contribution in [0.15, 0.2) is 12.3 Å². The Labute approximate surface area is 95.2 Å². The van der Waals surface area contributed by atoms with E-state index in [9.17, 15) is 4.79 Å². The molecule has 1 aromatic rings. The number of nitrogens with one attached hydrogen (secondary N) is 2. The van der Waals surface area contributed by atoms with E-state index < -0.39 is 0 Å². The van der Waals surface area contributed by atoms with E-state index >= 15 is 0 Å². The Morgan fingerprint density at radius 1 is 1.62 bits per heavy atom. The van der Waals surface area contributed by atoms with Gasteiger partial charge < -0.3 is 10.6 Å². The molecule has 0 spiro atoms. The van der Waals surface area contributed by atoms with Crippen molar-refractivity contribution < 1.29 is 4.79 Å². The SMILES string of the molecule is CCn1ccc(C(=O)NC2CCNCC2)n1. The van der Waals surface area contributed by atoms with Crippen molar-refractivity contribution in [1.82, 2.24) is 20.4 Å². The molecule has 1 aliphatic heterocycles. The minimum absolute atomic E-state index is 0.0564. The average molecular weight is 222 g/mol. The van der Waals surface area contributed by atoms with Gasteiger partial charge in [-0.25, -0.2) is 0 Å². The Morgan fingerprint density at radius 2 is 2.38 bits per heavy atom. The van der Waals surface area contributed by atoms with Gasteiger partial charge in [-0.1, -0.05) is 0 Å². The summed E-state index contributed by atoms with van der Waals surface area (Å²) in [5, 5.41) is 10.5. The lowest BCUT2D eigenvalue weighted by molar-refractivity contribution is 0.0923. The molecule has 0 unspecified atom stereocenters. The van der Waals surface area contributed by atoms with E-state index in [0.29, 0.717) is 11.7 Å². The summed E-state index contributed by atoms with van der Waals surface area (Å²) in [6.45, 7) is 4.75. The minimum Gasteiger partial charge on any atom is -0.348 e. The third-order valence-corrected chi connectivity index (χ3v) is 2.87. The van der Waals surface area contributed by atoms with Crippen molar-refractivity contribution in [2.45, 2.75) is 32.4 Å². The maximum atomic E-state index is 11.8. The fourth-order valence-electron chi connectivity index (χ4n) is 1.88. The van der Waals surface area contributed by atoms with E-state index in [4.69, 9.17) is 0 Å². The highest BCUT2D eigenvalue weighted by Gasteiger charge is 2.17. The van der Waals surface area contributed by atoms with Gasteiger partial charge in [0.15, 0.2) is 0 Å². The zero-order chi connectivity index (χ0) is 11.4. The minimum atomic E-state index is -0.0564. The molecule has 1 fully saturated rings. The van der Waals surface area contributed by atoms with Gasteiger partial charge >= 0.3 is 0 Å². The molecule has 88 valence electrons. The van der Waals surface area contributed by atoms with Gasteiger partial charge in [0, 0.05) is 18.8 Å². The maximum absolute atomic E-state index is 11.8. The third-order valence-electron chi connectivity index (χ3n) is 2.87. The summed E-state index contributed by atoms with van der Waals surface area (Å²) in [4.78, 5) is 11.8. The molecule has 1 amide bonds. The standard InChI is InChI=1S/C11H18N4O/c1-2-15-8-5-10(14-15)11(16)13-9-3-6-12-7-4-9/h5,8-9,12H,2-4,6-7H2,1H3,(H,13,16). The molecule has 0 radical (unpaired) electrons.